The van der Waals surface area contributed by atoms with Gasteiger partial charge >= 0.3 is 4.87 Å². The van der Waals surface area contributed by atoms with E-state index in [9.17, 15) is 9.90 Å². The van der Waals surface area contributed by atoms with Crippen LogP contribution in [0.3, 0.4) is 0 Å². The second kappa shape index (κ2) is 10.2. The fourth-order valence-electron chi connectivity index (χ4n) is 4.47. The summed E-state index contributed by atoms with van der Waals surface area (Å²) < 4.78 is 12.0. The zero-order chi connectivity index (χ0) is 24.2. The summed E-state index contributed by atoms with van der Waals surface area (Å²) in [7, 11) is 0. The topological polar surface area (TPSA) is 75.5 Å². The van der Waals surface area contributed by atoms with Crippen LogP contribution in [0.15, 0.2) is 82.2 Å². The van der Waals surface area contributed by atoms with E-state index in [1.807, 2.05) is 36.6 Å². The molecule has 0 aliphatic rings. The van der Waals surface area contributed by atoms with Crippen LogP contribution in [0, 0.1) is 0 Å². The predicted octanol–water partition coefficient (Wildman–Crippen LogP) is 7.19. The molecule has 0 spiro atoms. The first-order chi connectivity index (χ1) is 17.1. The van der Waals surface area contributed by atoms with Gasteiger partial charge in [-0.3, -0.25) is 9.78 Å². The summed E-state index contributed by atoms with van der Waals surface area (Å²) >= 11 is 0.989. The molecule has 2 aromatic heterocycles. The van der Waals surface area contributed by atoms with Crippen molar-refractivity contribution < 1.29 is 14.3 Å². The van der Waals surface area contributed by atoms with Gasteiger partial charge in [0.2, 0.25) is 5.88 Å². The van der Waals surface area contributed by atoms with E-state index in [1.165, 1.54) is 22.1 Å². The van der Waals surface area contributed by atoms with Gasteiger partial charge in [0.1, 0.15) is 11.3 Å². The van der Waals surface area contributed by atoms with Crippen LogP contribution in [0.4, 0.5) is 0 Å². The SMILES string of the molecule is CCCc1c(CCCOc2ccc(-c3sc(=O)[nH]c3O)cc2)ccc2c(-c3ccccc3)coc12. The van der Waals surface area contributed by atoms with E-state index in [0.717, 1.165) is 59.5 Å². The number of fused-ring (bicyclic) bond motifs is 1. The van der Waals surface area contributed by atoms with Crippen LogP contribution >= 0.6 is 11.3 Å². The zero-order valence-corrected chi connectivity index (χ0v) is 20.4. The third kappa shape index (κ3) is 4.88. The van der Waals surface area contributed by atoms with E-state index in [0.29, 0.717) is 11.5 Å². The Balaban J connectivity index is 1.25. The van der Waals surface area contributed by atoms with Gasteiger partial charge in [-0.25, -0.2) is 0 Å². The largest absolute Gasteiger partial charge is 0.494 e. The zero-order valence-electron chi connectivity index (χ0n) is 19.5. The molecule has 35 heavy (non-hydrogen) atoms. The van der Waals surface area contributed by atoms with Gasteiger partial charge in [0.25, 0.3) is 0 Å². The number of thiazole rings is 1. The molecular formula is C29H27NO4S. The van der Waals surface area contributed by atoms with Crippen LogP contribution < -0.4 is 9.61 Å². The average Bonchev–Trinajstić information content (AvgIpc) is 3.46. The number of hydrogen-bond acceptors (Lipinski definition) is 5. The minimum Gasteiger partial charge on any atom is -0.494 e. The number of aromatic amines is 1. The van der Waals surface area contributed by atoms with Crippen molar-refractivity contribution in [3.8, 4) is 33.2 Å². The standard InChI is InChI=1S/C29H27NO4S/c1-2-7-23-20(13-16-24-25(18-34-26(23)24)19-8-4-3-5-9-19)10-6-17-33-22-14-11-21(12-15-22)27-28(31)30-29(32)35-27/h3-5,8-9,11-16,18,31H,2,6-7,10,17H2,1H3,(H,30,32). The maximum Gasteiger partial charge on any atom is 0.307 e. The number of rotatable bonds is 9. The van der Waals surface area contributed by atoms with Gasteiger partial charge in [0.15, 0.2) is 0 Å². The Labute approximate surface area is 207 Å². The van der Waals surface area contributed by atoms with Gasteiger partial charge in [0.05, 0.1) is 17.7 Å². The highest BCUT2D eigenvalue weighted by Crippen LogP contribution is 2.35. The summed E-state index contributed by atoms with van der Waals surface area (Å²) in [4.78, 5) is 14.1. The minimum absolute atomic E-state index is 0.0963. The quantitative estimate of drug-likeness (QED) is 0.217. The lowest BCUT2D eigenvalue weighted by Gasteiger charge is -2.11. The molecule has 178 valence electrons. The number of H-pyrrole nitrogens is 1. The highest BCUT2D eigenvalue weighted by Gasteiger charge is 2.15. The van der Waals surface area contributed by atoms with E-state index in [1.54, 1.807) is 0 Å². The third-order valence-electron chi connectivity index (χ3n) is 6.13. The molecule has 0 aliphatic heterocycles. The molecule has 0 aliphatic carbocycles. The van der Waals surface area contributed by atoms with E-state index >= 15 is 0 Å². The number of furan rings is 1. The second-order valence-electron chi connectivity index (χ2n) is 8.51. The molecule has 0 amide bonds. The number of aromatic nitrogens is 1. The fourth-order valence-corrected chi connectivity index (χ4v) is 5.20. The normalized spacial score (nSPS) is 11.2. The van der Waals surface area contributed by atoms with Crippen LogP contribution in [0.5, 0.6) is 11.6 Å². The van der Waals surface area contributed by atoms with E-state index < -0.39 is 0 Å². The Bertz CT molecular complexity index is 1480. The summed E-state index contributed by atoms with van der Waals surface area (Å²) in [6.07, 6.45) is 5.71. The minimum atomic E-state index is -0.274. The molecule has 6 heteroatoms. The molecule has 5 aromatic rings. The van der Waals surface area contributed by atoms with Crippen LogP contribution in [0.1, 0.15) is 30.9 Å². The van der Waals surface area contributed by atoms with Crippen molar-refractivity contribution >= 4 is 22.3 Å². The lowest BCUT2D eigenvalue weighted by atomic mass is 9.95. The van der Waals surface area contributed by atoms with Gasteiger partial charge in [-0.05, 0) is 65.8 Å². The molecule has 0 atom stereocenters. The molecule has 0 fully saturated rings. The Hall–Kier alpha value is -3.77. The highest BCUT2D eigenvalue weighted by molar-refractivity contribution is 7.13. The summed E-state index contributed by atoms with van der Waals surface area (Å²) in [6, 6.07) is 22.2. The molecule has 5 rings (SSSR count). The Morgan fingerprint density at radius 3 is 2.49 bits per heavy atom. The van der Waals surface area contributed by atoms with E-state index in [-0.39, 0.29) is 10.8 Å². The van der Waals surface area contributed by atoms with Gasteiger partial charge < -0.3 is 14.3 Å². The van der Waals surface area contributed by atoms with Crippen molar-refractivity contribution in [1.29, 1.82) is 0 Å². The molecule has 2 heterocycles. The van der Waals surface area contributed by atoms with Gasteiger partial charge in [-0.15, -0.1) is 0 Å². The van der Waals surface area contributed by atoms with Crippen molar-refractivity contribution in [2.45, 2.75) is 32.6 Å². The number of hydrogen-bond donors (Lipinski definition) is 2. The highest BCUT2D eigenvalue weighted by atomic mass is 32.1. The number of nitrogens with one attached hydrogen (secondary N) is 1. The summed E-state index contributed by atoms with van der Waals surface area (Å²) in [6.45, 7) is 2.79. The van der Waals surface area contributed by atoms with Gasteiger partial charge in [0, 0.05) is 10.9 Å². The maximum atomic E-state index is 11.4. The Kier molecular flexibility index (Phi) is 6.73. The third-order valence-corrected chi connectivity index (χ3v) is 7.05. The molecular weight excluding hydrogens is 458 g/mol. The van der Waals surface area contributed by atoms with Crippen molar-refractivity contribution in [3.63, 3.8) is 0 Å². The van der Waals surface area contributed by atoms with Crippen molar-refractivity contribution in [1.82, 2.24) is 4.98 Å². The first-order valence-electron chi connectivity index (χ1n) is 11.9. The summed E-state index contributed by atoms with van der Waals surface area (Å²) in [5, 5.41) is 11.0. The maximum absolute atomic E-state index is 11.4. The summed E-state index contributed by atoms with van der Waals surface area (Å²) in [5.41, 5.74) is 6.68. The molecule has 5 nitrogen and oxygen atoms in total. The van der Waals surface area contributed by atoms with Crippen LogP contribution in [-0.2, 0) is 12.8 Å². The molecule has 0 saturated heterocycles. The number of aromatic hydroxyl groups is 1. The molecule has 0 bridgehead atoms. The lowest BCUT2D eigenvalue weighted by Crippen LogP contribution is -2.02. The Morgan fingerprint density at radius 2 is 1.77 bits per heavy atom. The fraction of sp³-hybridized carbons (Fsp3) is 0.207. The molecule has 2 N–H and O–H groups in total. The Morgan fingerprint density at radius 1 is 0.971 bits per heavy atom. The van der Waals surface area contributed by atoms with Crippen LogP contribution in [0.2, 0.25) is 0 Å². The van der Waals surface area contributed by atoms with Gasteiger partial charge in [-0.2, -0.15) is 0 Å². The predicted molar refractivity (Wildman–Crippen MR) is 142 cm³/mol. The lowest BCUT2D eigenvalue weighted by molar-refractivity contribution is 0.311. The molecule has 3 aromatic carbocycles. The first kappa shape index (κ1) is 23.0. The number of aryl methyl sites for hydroxylation is 2. The molecule has 0 saturated carbocycles. The second-order valence-corrected chi connectivity index (χ2v) is 9.50. The van der Waals surface area contributed by atoms with Crippen molar-refractivity contribution in [2.75, 3.05) is 6.61 Å². The van der Waals surface area contributed by atoms with Crippen molar-refractivity contribution in [2.24, 2.45) is 0 Å². The van der Waals surface area contributed by atoms with E-state index in [4.69, 9.17) is 9.15 Å². The average molecular weight is 486 g/mol. The van der Waals surface area contributed by atoms with Gasteiger partial charge in [-0.1, -0.05) is 67.1 Å². The number of ether oxygens (including phenoxy) is 1. The van der Waals surface area contributed by atoms with E-state index in [2.05, 4.69) is 48.3 Å². The van der Waals surface area contributed by atoms with Crippen LogP contribution in [0.25, 0.3) is 32.5 Å². The first-order valence-corrected chi connectivity index (χ1v) is 12.7. The summed E-state index contributed by atoms with van der Waals surface area (Å²) in [5.74, 6) is 0.667. The van der Waals surface area contributed by atoms with Crippen LogP contribution in [-0.4, -0.2) is 16.7 Å². The molecule has 0 unspecified atom stereocenters. The molecule has 0 radical (unpaired) electrons. The monoisotopic (exact) mass is 485 g/mol. The smallest absolute Gasteiger partial charge is 0.307 e. The number of benzene rings is 3. The van der Waals surface area contributed by atoms with Crippen molar-refractivity contribution in [3.05, 3.63) is 93.8 Å².